The topological polar surface area (TPSA) is 67.9 Å². The first-order valence-corrected chi connectivity index (χ1v) is 11.1. The number of ether oxygens (including phenoxy) is 2. The van der Waals surface area contributed by atoms with Crippen LogP contribution in [0.25, 0.3) is 10.8 Å². The molecule has 6 nitrogen and oxygen atoms in total. The molecule has 1 N–H and O–H groups in total. The molecule has 0 bridgehead atoms. The van der Waals surface area contributed by atoms with Crippen LogP contribution in [0.4, 0.5) is 4.79 Å². The van der Waals surface area contributed by atoms with E-state index < -0.39 is 17.6 Å². The van der Waals surface area contributed by atoms with Gasteiger partial charge in [0.25, 0.3) is 0 Å². The molecule has 3 aromatic carbocycles. The highest BCUT2D eigenvalue weighted by Crippen LogP contribution is 2.37. The molecule has 3 aromatic rings. The van der Waals surface area contributed by atoms with E-state index in [1.165, 1.54) is 7.11 Å². The molecule has 1 aliphatic rings. The van der Waals surface area contributed by atoms with Crippen molar-refractivity contribution in [3.63, 3.8) is 0 Å². The van der Waals surface area contributed by atoms with Crippen LogP contribution in [0.5, 0.6) is 0 Å². The maximum Gasteiger partial charge on any atom is 0.408 e. The summed E-state index contributed by atoms with van der Waals surface area (Å²) >= 11 is 0. The highest BCUT2D eigenvalue weighted by atomic mass is 31.0. The molecule has 1 amide bonds. The highest BCUT2D eigenvalue weighted by Gasteiger charge is 2.38. The molecule has 0 aromatic heterocycles. The van der Waals surface area contributed by atoms with Gasteiger partial charge in [0.1, 0.15) is 6.61 Å². The second-order valence-corrected chi connectivity index (χ2v) is 8.77. The molecule has 0 spiro atoms. The summed E-state index contributed by atoms with van der Waals surface area (Å²) in [6.07, 6.45) is 0.907. The van der Waals surface area contributed by atoms with Crippen LogP contribution in [0.1, 0.15) is 34.3 Å². The molecule has 1 fully saturated rings. The molecule has 1 saturated heterocycles. The molecule has 1 atom stereocenters. The second-order valence-electron chi connectivity index (χ2n) is 8.04. The molecule has 32 heavy (non-hydrogen) atoms. The summed E-state index contributed by atoms with van der Waals surface area (Å²) in [5, 5.41) is 4.89. The van der Waals surface area contributed by atoms with E-state index in [9.17, 15) is 9.59 Å². The van der Waals surface area contributed by atoms with E-state index >= 15 is 0 Å². The molecule has 7 heteroatoms. The Kier molecular flexibility index (Phi) is 6.73. The van der Waals surface area contributed by atoms with Crippen molar-refractivity contribution < 1.29 is 19.1 Å². The van der Waals surface area contributed by atoms with E-state index in [0.29, 0.717) is 18.4 Å². The van der Waals surface area contributed by atoms with Gasteiger partial charge in [0.15, 0.2) is 0 Å². The Morgan fingerprint density at radius 2 is 1.72 bits per heavy atom. The van der Waals surface area contributed by atoms with Crippen molar-refractivity contribution in [1.29, 1.82) is 0 Å². The standard InChI is InChI=1S/C25H27N2O4P/c1-30-23(28)22-16-20(15-19-9-5-6-10-21(19)22)25(11-13-27(32)14-12-25)26-24(29)31-17-18-7-3-2-4-8-18/h2-10,15-16H,11-14,17,32H2,1H3,(H,26,29). The zero-order chi connectivity index (χ0) is 22.6. The molecule has 1 aliphatic heterocycles. The molecular formula is C25H27N2O4P. The number of hydrogen-bond donors (Lipinski definition) is 1. The zero-order valence-corrected chi connectivity index (χ0v) is 19.2. The molecule has 0 radical (unpaired) electrons. The number of alkyl carbamates (subject to hydrolysis) is 1. The maximum atomic E-state index is 12.8. The summed E-state index contributed by atoms with van der Waals surface area (Å²) in [4.78, 5) is 25.4. The molecule has 0 aliphatic carbocycles. The molecular weight excluding hydrogens is 423 g/mol. The minimum atomic E-state index is -0.645. The Morgan fingerprint density at radius 3 is 2.44 bits per heavy atom. The van der Waals surface area contributed by atoms with Gasteiger partial charge in [0.05, 0.1) is 18.2 Å². The third-order valence-electron chi connectivity index (χ3n) is 6.03. The number of carbonyl (C=O) groups is 2. The van der Waals surface area contributed by atoms with Crippen molar-refractivity contribution >= 4 is 32.2 Å². The lowest BCUT2D eigenvalue weighted by molar-refractivity contribution is 0.0602. The number of nitrogens with zero attached hydrogens (tertiary/aromatic N) is 1. The smallest absolute Gasteiger partial charge is 0.408 e. The molecule has 1 unspecified atom stereocenters. The van der Waals surface area contributed by atoms with Crippen LogP contribution in [-0.2, 0) is 21.6 Å². The number of fused-ring (bicyclic) bond motifs is 1. The quantitative estimate of drug-likeness (QED) is 0.453. The minimum Gasteiger partial charge on any atom is -0.465 e. The normalized spacial score (nSPS) is 15.8. The van der Waals surface area contributed by atoms with Gasteiger partial charge in [-0.25, -0.2) is 9.59 Å². The number of benzene rings is 3. The summed E-state index contributed by atoms with van der Waals surface area (Å²) in [5.41, 5.74) is 1.66. The van der Waals surface area contributed by atoms with Crippen LogP contribution in [-0.4, -0.2) is 36.9 Å². The summed E-state index contributed by atoms with van der Waals surface area (Å²) in [5.74, 6) is -0.395. The third kappa shape index (κ3) is 4.77. The minimum absolute atomic E-state index is 0.198. The Labute approximate surface area is 190 Å². The van der Waals surface area contributed by atoms with Crippen LogP contribution in [0, 0.1) is 0 Å². The van der Waals surface area contributed by atoms with Crippen molar-refractivity contribution in [2.24, 2.45) is 0 Å². The summed E-state index contributed by atoms with van der Waals surface area (Å²) in [7, 11) is 4.10. The van der Waals surface area contributed by atoms with Gasteiger partial charge in [0.2, 0.25) is 0 Å². The largest absolute Gasteiger partial charge is 0.465 e. The Hall–Kier alpha value is -2.95. The number of methoxy groups -OCH3 is 1. The first-order chi connectivity index (χ1) is 15.5. The Morgan fingerprint density at radius 1 is 1.03 bits per heavy atom. The SMILES string of the molecule is COC(=O)c1cc(C2(NC(=O)OCc3ccccc3)CCN(P)CC2)cc2ccccc12. The Balaban J connectivity index is 1.67. The highest BCUT2D eigenvalue weighted by molar-refractivity contribution is 7.13. The first kappa shape index (κ1) is 22.3. The molecule has 166 valence electrons. The third-order valence-corrected chi connectivity index (χ3v) is 6.54. The first-order valence-electron chi connectivity index (χ1n) is 10.6. The zero-order valence-electron chi connectivity index (χ0n) is 18.0. The van der Waals surface area contributed by atoms with Gasteiger partial charge in [-0.1, -0.05) is 64.0 Å². The average molecular weight is 450 g/mol. The van der Waals surface area contributed by atoms with E-state index in [2.05, 4.69) is 25.4 Å². The second kappa shape index (κ2) is 9.68. The van der Waals surface area contributed by atoms with Gasteiger partial charge < -0.3 is 14.8 Å². The number of hydrogen-bond acceptors (Lipinski definition) is 5. The molecule has 4 rings (SSSR count). The lowest BCUT2D eigenvalue weighted by Crippen LogP contribution is -2.51. The van der Waals surface area contributed by atoms with E-state index in [1.54, 1.807) is 0 Å². The number of rotatable bonds is 5. The number of piperidine rings is 1. The maximum absolute atomic E-state index is 12.8. The summed E-state index contributed by atoms with van der Waals surface area (Å²) in [6, 6.07) is 21.2. The van der Waals surface area contributed by atoms with Crippen LogP contribution in [0.3, 0.4) is 0 Å². The molecule has 1 heterocycles. The lowest BCUT2D eigenvalue weighted by Gasteiger charge is -2.41. The van der Waals surface area contributed by atoms with Gasteiger partial charge in [-0.05, 0) is 46.9 Å². The van der Waals surface area contributed by atoms with Crippen molar-refractivity contribution in [2.75, 3.05) is 20.2 Å². The van der Waals surface area contributed by atoms with Gasteiger partial charge in [-0.3, -0.25) is 4.67 Å². The van der Waals surface area contributed by atoms with Crippen LogP contribution >= 0.6 is 9.39 Å². The summed E-state index contributed by atoms with van der Waals surface area (Å²) < 4.78 is 12.7. The van der Waals surface area contributed by atoms with E-state index in [0.717, 1.165) is 35.0 Å². The summed E-state index contributed by atoms with van der Waals surface area (Å²) in [6.45, 7) is 1.76. The van der Waals surface area contributed by atoms with E-state index in [1.807, 2.05) is 60.7 Å². The van der Waals surface area contributed by atoms with E-state index in [-0.39, 0.29) is 6.61 Å². The van der Waals surface area contributed by atoms with Gasteiger partial charge in [-0.2, -0.15) is 0 Å². The fourth-order valence-electron chi connectivity index (χ4n) is 4.21. The molecule has 0 saturated carbocycles. The monoisotopic (exact) mass is 450 g/mol. The van der Waals surface area contributed by atoms with Gasteiger partial charge in [0, 0.05) is 13.1 Å². The average Bonchev–Trinajstić information content (AvgIpc) is 2.83. The van der Waals surface area contributed by atoms with E-state index in [4.69, 9.17) is 9.47 Å². The fraction of sp³-hybridized carbons (Fsp3) is 0.280. The number of nitrogens with one attached hydrogen (secondary N) is 1. The van der Waals surface area contributed by atoms with Gasteiger partial charge >= 0.3 is 12.1 Å². The van der Waals surface area contributed by atoms with Crippen molar-refractivity contribution in [3.8, 4) is 0 Å². The van der Waals surface area contributed by atoms with Gasteiger partial charge in [-0.15, -0.1) is 0 Å². The van der Waals surface area contributed by atoms with Crippen molar-refractivity contribution in [2.45, 2.75) is 25.0 Å². The predicted molar refractivity (Wildman–Crippen MR) is 127 cm³/mol. The fourth-order valence-corrected chi connectivity index (χ4v) is 4.47. The van der Waals surface area contributed by atoms with Crippen molar-refractivity contribution in [1.82, 2.24) is 9.99 Å². The van der Waals surface area contributed by atoms with Crippen molar-refractivity contribution in [3.05, 3.63) is 83.4 Å². The number of carbonyl (C=O) groups excluding carboxylic acids is 2. The Bertz CT molecular complexity index is 1110. The lowest BCUT2D eigenvalue weighted by atomic mass is 9.80. The van der Waals surface area contributed by atoms with Crippen LogP contribution < -0.4 is 5.32 Å². The van der Waals surface area contributed by atoms with Crippen LogP contribution in [0.15, 0.2) is 66.7 Å². The number of esters is 1. The predicted octanol–water partition coefficient (Wildman–Crippen LogP) is 4.63. The number of amides is 1. The van der Waals surface area contributed by atoms with Crippen LogP contribution in [0.2, 0.25) is 0 Å².